The Morgan fingerprint density at radius 3 is 2.78 bits per heavy atom. The van der Waals surface area contributed by atoms with Gasteiger partial charge in [-0.15, -0.1) is 0 Å². The van der Waals surface area contributed by atoms with E-state index in [0.717, 1.165) is 6.54 Å². The quantitative estimate of drug-likeness (QED) is 0.855. The summed E-state index contributed by atoms with van der Waals surface area (Å²) in [5, 5.41) is 2.87. The number of aromatic nitrogens is 3. The standard InChI is InChI=1S/C12H13ClN4O/c1-9-8-10(16-12(13)15-9)11(18)14-4-7-17-5-2-3-6-17/h2-3,5-6,8H,4,7H2,1H3,(H,14,18). The molecule has 2 heterocycles. The van der Waals surface area contributed by atoms with Crippen molar-refractivity contribution in [1.82, 2.24) is 19.9 Å². The molecule has 94 valence electrons. The van der Waals surface area contributed by atoms with Crippen molar-refractivity contribution in [2.24, 2.45) is 0 Å². The fourth-order valence-electron chi connectivity index (χ4n) is 1.56. The third-order valence-electron chi connectivity index (χ3n) is 2.38. The van der Waals surface area contributed by atoms with E-state index in [0.29, 0.717) is 17.9 Å². The molecule has 0 aliphatic heterocycles. The van der Waals surface area contributed by atoms with E-state index in [1.165, 1.54) is 0 Å². The van der Waals surface area contributed by atoms with Crippen LogP contribution in [0.25, 0.3) is 0 Å². The smallest absolute Gasteiger partial charge is 0.270 e. The van der Waals surface area contributed by atoms with Crippen LogP contribution in [0.2, 0.25) is 5.28 Å². The van der Waals surface area contributed by atoms with Crippen LogP contribution in [-0.2, 0) is 6.54 Å². The lowest BCUT2D eigenvalue weighted by molar-refractivity contribution is 0.0947. The number of halogens is 1. The summed E-state index contributed by atoms with van der Waals surface area (Å²) < 4.78 is 1.98. The first-order valence-electron chi connectivity index (χ1n) is 5.55. The minimum absolute atomic E-state index is 0.0885. The lowest BCUT2D eigenvalue weighted by Gasteiger charge is -2.06. The number of aryl methyl sites for hydroxylation is 1. The zero-order valence-corrected chi connectivity index (χ0v) is 10.7. The van der Waals surface area contributed by atoms with Gasteiger partial charge >= 0.3 is 0 Å². The number of rotatable bonds is 4. The summed E-state index contributed by atoms with van der Waals surface area (Å²) in [6.45, 7) is 3.02. The summed E-state index contributed by atoms with van der Waals surface area (Å²) in [6.07, 6.45) is 3.88. The Balaban J connectivity index is 1.91. The van der Waals surface area contributed by atoms with Crippen LogP contribution in [-0.4, -0.2) is 27.0 Å². The van der Waals surface area contributed by atoms with Crippen LogP contribution in [0.5, 0.6) is 0 Å². The molecule has 0 radical (unpaired) electrons. The Kier molecular flexibility index (Phi) is 3.94. The highest BCUT2D eigenvalue weighted by Crippen LogP contribution is 2.04. The van der Waals surface area contributed by atoms with E-state index in [9.17, 15) is 4.79 Å². The topological polar surface area (TPSA) is 59.8 Å². The van der Waals surface area contributed by atoms with Crippen molar-refractivity contribution < 1.29 is 4.79 Å². The molecule has 0 saturated carbocycles. The molecule has 0 fully saturated rings. The Bertz CT molecular complexity index is 519. The Morgan fingerprint density at radius 1 is 1.39 bits per heavy atom. The van der Waals surface area contributed by atoms with Gasteiger partial charge < -0.3 is 9.88 Å². The predicted molar refractivity (Wildman–Crippen MR) is 68.5 cm³/mol. The van der Waals surface area contributed by atoms with Gasteiger partial charge in [0, 0.05) is 31.2 Å². The molecule has 6 heteroatoms. The van der Waals surface area contributed by atoms with Crippen LogP contribution >= 0.6 is 11.6 Å². The van der Waals surface area contributed by atoms with E-state index >= 15 is 0 Å². The average molecular weight is 265 g/mol. The summed E-state index contributed by atoms with van der Waals surface area (Å²) in [6, 6.07) is 5.49. The van der Waals surface area contributed by atoms with Crippen molar-refractivity contribution in [1.29, 1.82) is 0 Å². The van der Waals surface area contributed by atoms with Gasteiger partial charge in [0.15, 0.2) is 0 Å². The van der Waals surface area contributed by atoms with Crippen molar-refractivity contribution in [3.63, 3.8) is 0 Å². The van der Waals surface area contributed by atoms with E-state index in [1.807, 2.05) is 29.1 Å². The maximum absolute atomic E-state index is 11.8. The second-order valence-electron chi connectivity index (χ2n) is 3.84. The van der Waals surface area contributed by atoms with E-state index in [1.54, 1.807) is 13.0 Å². The van der Waals surface area contributed by atoms with Crippen LogP contribution in [0.3, 0.4) is 0 Å². The van der Waals surface area contributed by atoms with Crippen molar-refractivity contribution in [2.75, 3.05) is 6.54 Å². The zero-order chi connectivity index (χ0) is 13.0. The van der Waals surface area contributed by atoms with Crippen LogP contribution < -0.4 is 5.32 Å². The molecule has 0 aliphatic carbocycles. The summed E-state index contributed by atoms with van der Waals surface area (Å²) in [7, 11) is 0. The normalized spacial score (nSPS) is 10.3. The highest BCUT2D eigenvalue weighted by Gasteiger charge is 2.08. The van der Waals surface area contributed by atoms with Crippen LogP contribution in [0, 0.1) is 6.92 Å². The lowest BCUT2D eigenvalue weighted by atomic mass is 10.3. The van der Waals surface area contributed by atoms with Gasteiger partial charge in [-0.25, -0.2) is 9.97 Å². The van der Waals surface area contributed by atoms with Crippen LogP contribution in [0.15, 0.2) is 30.6 Å². The molecule has 0 bridgehead atoms. The van der Waals surface area contributed by atoms with Gasteiger partial charge in [0.2, 0.25) is 5.28 Å². The lowest BCUT2D eigenvalue weighted by Crippen LogP contribution is -2.28. The third kappa shape index (κ3) is 3.30. The van der Waals surface area contributed by atoms with Gasteiger partial charge in [0.05, 0.1) is 0 Å². The largest absolute Gasteiger partial charge is 0.353 e. The van der Waals surface area contributed by atoms with E-state index in [2.05, 4.69) is 15.3 Å². The molecule has 0 unspecified atom stereocenters. The highest BCUT2D eigenvalue weighted by atomic mass is 35.5. The number of carbonyl (C=O) groups excluding carboxylic acids is 1. The summed E-state index contributed by atoms with van der Waals surface area (Å²) >= 11 is 5.70. The molecule has 18 heavy (non-hydrogen) atoms. The number of hydrogen-bond donors (Lipinski definition) is 1. The number of hydrogen-bond acceptors (Lipinski definition) is 3. The fraction of sp³-hybridized carbons (Fsp3) is 0.250. The van der Waals surface area contributed by atoms with Crippen molar-refractivity contribution in [3.8, 4) is 0 Å². The summed E-state index contributed by atoms with van der Waals surface area (Å²) in [4.78, 5) is 19.6. The van der Waals surface area contributed by atoms with Crippen molar-refractivity contribution in [3.05, 3.63) is 47.3 Å². The minimum Gasteiger partial charge on any atom is -0.353 e. The zero-order valence-electron chi connectivity index (χ0n) is 9.93. The fourth-order valence-corrected chi connectivity index (χ4v) is 1.78. The molecule has 2 aromatic rings. The van der Waals surface area contributed by atoms with Gasteiger partial charge in [-0.3, -0.25) is 4.79 Å². The van der Waals surface area contributed by atoms with E-state index < -0.39 is 0 Å². The van der Waals surface area contributed by atoms with Crippen LogP contribution in [0.4, 0.5) is 0 Å². The van der Waals surface area contributed by atoms with Gasteiger partial charge in [-0.05, 0) is 36.7 Å². The number of nitrogens with one attached hydrogen (secondary N) is 1. The molecule has 1 amide bonds. The van der Waals surface area contributed by atoms with Gasteiger partial charge in [-0.1, -0.05) is 0 Å². The Hall–Kier alpha value is -1.88. The van der Waals surface area contributed by atoms with Crippen molar-refractivity contribution >= 4 is 17.5 Å². The molecular weight excluding hydrogens is 252 g/mol. The molecule has 0 aromatic carbocycles. The second kappa shape index (κ2) is 5.64. The first-order valence-corrected chi connectivity index (χ1v) is 5.93. The molecule has 0 spiro atoms. The molecule has 0 atom stereocenters. The van der Waals surface area contributed by atoms with E-state index in [-0.39, 0.29) is 11.2 Å². The predicted octanol–water partition coefficient (Wildman–Crippen LogP) is 1.67. The Labute approximate surface area is 110 Å². The SMILES string of the molecule is Cc1cc(C(=O)NCCn2cccc2)nc(Cl)n1. The summed E-state index contributed by atoms with van der Waals surface area (Å²) in [5.41, 5.74) is 0.963. The van der Waals surface area contributed by atoms with Crippen LogP contribution in [0.1, 0.15) is 16.2 Å². The molecule has 2 rings (SSSR count). The monoisotopic (exact) mass is 264 g/mol. The number of nitrogens with zero attached hydrogens (tertiary/aromatic N) is 3. The molecule has 1 N–H and O–H groups in total. The minimum atomic E-state index is -0.241. The van der Waals surface area contributed by atoms with Gasteiger partial charge in [-0.2, -0.15) is 0 Å². The first-order chi connectivity index (χ1) is 8.65. The van der Waals surface area contributed by atoms with E-state index in [4.69, 9.17) is 11.6 Å². The number of carbonyl (C=O) groups is 1. The van der Waals surface area contributed by atoms with Gasteiger partial charge in [0.1, 0.15) is 5.69 Å². The molecule has 5 nitrogen and oxygen atoms in total. The maximum atomic E-state index is 11.8. The summed E-state index contributed by atoms with van der Waals surface area (Å²) in [5.74, 6) is -0.241. The third-order valence-corrected chi connectivity index (χ3v) is 2.55. The van der Waals surface area contributed by atoms with Gasteiger partial charge in [0.25, 0.3) is 5.91 Å². The molecule has 0 saturated heterocycles. The Morgan fingerprint density at radius 2 is 2.11 bits per heavy atom. The maximum Gasteiger partial charge on any atom is 0.270 e. The highest BCUT2D eigenvalue weighted by molar-refractivity contribution is 6.28. The number of amides is 1. The van der Waals surface area contributed by atoms with Crippen molar-refractivity contribution in [2.45, 2.75) is 13.5 Å². The average Bonchev–Trinajstić information content (AvgIpc) is 2.80. The molecular formula is C12H13ClN4O. The second-order valence-corrected chi connectivity index (χ2v) is 4.18. The molecule has 0 aliphatic rings. The molecule has 2 aromatic heterocycles. The first kappa shape index (κ1) is 12.6.